The van der Waals surface area contributed by atoms with Gasteiger partial charge in [0.1, 0.15) is 0 Å². The van der Waals surface area contributed by atoms with Crippen LogP contribution in [-0.4, -0.2) is 22.5 Å². The quantitative estimate of drug-likeness (QED) is 0.670. The lowest BCUT2D eigenvalue weighted by Crippen LogP contribution is -2.55. The molecule has 2 heteroatoms. The second-order valence-corrected chi connectivity index (χ2v) is 5.39. The molecular weight excluding hydrogens is 184 g/mol. The third-order valence-electron chi connectivity index (χ3n) is 3.64. The molecule has 0 radical (unpaired) electrons. The molecule has 2 nitrogen and oxygen atoms in total. The van der Waals surface area contributed by atoms with E-state index in [0.29, 0.717) is 6.42 Å². The molecule has 0 unspecified atom stereocenters. The fourth-order valence-corrected chi connectivity index (χ4v) is 1.97. The van der Waals surface area contributed by atoms with Crippen molar-refractivity contribution in [1.29, 1.82) is 5.26 Å². The first-order valence-corrected chi connectivity index (χ1v) is 5.96. The van der Waals surface area contributed by atoms with E-state index in [9.17, 15) is 0 Å². The molecular formula is C13H26N2. The van der Waals surface area contributed by atoms with Gasteiger partial charge in [-0.25, -0.2) is 0 Å². The molecule has 0 amide bonds. The molecule has 0 atom stereocenters. The van der Waals surface area contributed by atoms with Crippen LogP contribution in [-0.2, 0) is 0 Å². The molecule has 0 aromatic heterocycles. The third-order valence-corrected chi connectivity index (χ3v) is 3.64. The Morgan fingerprint density at radius 1 is 1.00 bits per heavy atom. The van der Waals surface area contributed by atoms with Crippen LogP contribution >= 0.6 is 0 Å². The van der Waals surface area contributed by atoms with E-state index in [1.54, 1.807) is 0 Å². The van der Waals surface area contributed by atoms with Crippen molar-refractivity contribution >= 4 is 0 Å². The van der Waals surface area contributed by atoms with Gasteiger partial charge in [-0.2, -0.15) is 5.26 Å². The van der Waals surface area contributed by atoms with Crippen molar-refractivity contribution in [2.45, 2.75) is 71.9 Å². The molecule has 0 aromatic carbocycles. The maximum Gasteiger partial charge on any atom is 0.0635 e. The molecule has 0 aliphatic heterocycles. The van der Waals surface area contributed by atoms with Crippen LogP contribution in [0, 0.1) is 11.3 Å². The van der Waals surface area contributed by atoms with Crippen molar-refractivity contribution < 1.29 is 0 Å². The molecule has 0 N–H and O–H groups in total. The largest absolute Gasteiger partial charge is 0.292 e. The van der Waals surface area contributed by atoms with Gasteiger partial charge in [-0.1, -0.05) is 13.8 Å². The summed E-state index contributed by atoms with van der Waals surface area (Å²) in [7, 11) is 0. The van der Waals surface area contributed by atoms with Crippen molar-refractivity contribution in [3.63, 3.8) is 0 Å². The summed E-state index contributed by atoms with van der Waals surface area (Å²) in [6, 6.07) is 2.25. The fraction of sp³-hybridized carbons (Fsp3) is 0.923. The first kappa shape index (κ1) is 14.5. The smallest absolute Gasteiger partial charge is 0.0635 e. The maximum atomic E-state index is 8.72. The molecule has 0 bridgehead atoms. The van der Waals surface area contributed by atoms with E-state index >= 15 is 0 Å². The molecule has 0 aliphatic carbocycles. The standard InChI is InChI=1S/C13H26N2/c1-7-12(3,4)15(11-9-10-14)13(5,6)8-2/h7-9,11H2,1-6H3. The van der Waals surface area contributed by atoms with E-state index < -0.39 is 0 Å². The number of nitriles is 1. The molecule has 15 heavy (non-hydrogen) atoms. The van der Waals surface area contributed by atoms with Crippen molar-refractivity contribution in [2.24, 2.45) is 0 Å². The van der Waals surface area contributed by atoms with E-state index in [-0.39, 0.29) is 11.1 Å². The van der Waals surface area contributed by atoms with Crippen LogP contribution in [0.3, 0.4) is 0 Å². The molecule has 0 saturated heterocycles. The SMILES string of the molecule is CCC(C)(C)N(CCC#N)C(C)(C)CC. The Kier molecular flexibility index (Phi) is 5.31. The Morgan fingerprint density at radius 3 is 1.67 bits per heavy atom. The van der Waals surface area contributed by atoms with E-state index in [1.165, 1.54) is 0 Å². The fourth-order valence-electron chi connectivity index (χ4n) is 1.97. The molecule has 0 fully saturated rings. The zero-order valence-electron chi connectivity index (χ0n) is 11.2. The highest BCUT2D eigenvalue weighted by atomic mass is 15.2. The van der Waals surface area contributed by atoms with E-state index in [1.807, 2.05) is 0 Å². The highest BCUT2D eigenvalue weighted by Crippen LogP contribution is 2.30. The van der Waals surface area contributed by atoms with E-state index in [2.05, 4.69) is 52.5 Å². The van der Waals surface area contributed by atoms with Gasteiger partial charge in [-0.05, 0) is 40.5 Å². The number of hydrogen-bond donors (Lipinski definition) is 0. The predicted molar refractivity (Wildman–Crippen MR) is 65.7 cm³/mol. The van der Waals surface area contributed by atoms with Crippen LogP contribution in [0.25, 0.3) is 0 Å². The van der Waals surface area contributed by atoms with Crippen molar-refractivity contribution in [3.05, 3.63) is 0 Å². The third kappa shape index (κ3) is 3.83. The van der Waals surface area contributed by atoms with Crippen LogP contribution in [0.2, 0.25) is 0 Å². The van der Waals surface area contributed by atoms with Gasteiger partial charge in [-0.15, -0.1) is 0 Å². The number of hydrogen-bond acceptors (Lipinski definition) is 2. The second-order valence-electron chi connectivity index (χ2n) is 5.39. The highest BCUT2D eigenvalue weighted by Gasteiger charge is 2.34. The van der Waals surface area contributed by atoms with Crippen LogP contribution in [0.1, 0.15) is 60.8 Å². The molecule has 0 aromatic rings. The summed E-state index contributed by atoms with van der Waals surface area (Å²) in [5.41, 5.74) is 0.354. The summed E-state index contributed by atoms with van der Waals surface area (Å²) in [4.78, 5) is 2.48. The second kappa shape index (κ2) is 5.51. The lowest BCUT2D eigenvalue weighted by atomic mass is 9.89. The van der Waals surface area contributed by atoms with Crippen molar-refractivity contribution in [1.82, 2.24) is 4.90 Å². The summed E-state index contributed by atoms with van der Waals surface area (Å²) < 4.78 is 0. The minimum absolute atomic E-state index is 0.177. The Bertz CT molecular complexity index is 207. The lowest BCUT2D eigenvalue weighted by molar-refractivity contribution is 0.0133. The van der Waals surface area contributed by atoms with E-state index in [0.717, 1.165) is 19.4 Å². The number of nitrogens with zero attached hydrogens (tertiary/aromatic N) is 2. The van der Waals surface area contributed by atoms with Gasteiger partial charge in [0.2, 0.25) is 0 Å². The summed E-state index contributed by atoms with van der Waals surface area (Å²) >= 11 is 0. The lowest BCUT2D eigenvalue weighted by Gasteiger charge is -2.48. The van der Waals surface area contributed by atoms with Gasteiger partial charge >= 0.3 is 0 Å². The average Bonchev–Trinajstić information content (AvgIpc) is 2.18. The first-order valence-electron chi connectivity index (χ1n) is 5.96. The zero-order valence-corrected chi connectivity index (χ0v) is 11.2. The van der Waals surface area contributed by atoms with Crippen LogP contribution in [0.15, 0.2) is 0 Å². The highest BCUT2D eigenvalue weighted by molar-refractivity contribution is 4.92. The topological polar surface area (TPSA) is 27.0 Å². The van der Waals surface area contributed by atoms with Crippen LogP contribution < -0.4 is 0 Å². The Hall–Kier alpha value is -0.550. The van der Waals surface area contributed by atoms with Crippen molar-refractivity contribution in [3.8, 4) is 6.07 Å². The Labute approximate surface area is 95.3 Å². The minimum atomic E-state index is 0.177. The summed E-state index contributed by atoms with van der Waals surface area (Å²) in [5.74, 6) is 0. The summed E-state index contributed by atoms with van der Waals surface area (Å²) in [5, 5.41) is 8.72. The van der Waals surface area contributed by atoms with Gasteiger partial charge in [-0.3, -0.25) is 4.90 Å². The summed E-state index contributed by atoms with van der Waals surface area (Å²) in [6.45, 7) is 14.4. The number of rotatable bonds is 6. The summed E-state index contributed by atoms with van der Waals surface area (Å²) in [6.07, 6.45) is 2.84. The van der Waals surface area contributed by atoms with Crippen LogP contribution in [0.4, 0.5) is 0 Å². The maximum absolute atomic E-state index is 8.72. The van der Waals surface area contributed by atoms with E-state index in [4.69, 9.17) is 5.26 Å². The molecule has 0 aliphatic rings. The molecule has 0 spiro atoms. The molecule has 0 saturated carbocycles. The van der Waals surface area contributed by atoms with Gasteiger partial charge < -0.3 is 0 Å². The zero-order chi connectivity index (χ0) is 12.1. The van der Waals surface area contributed by atoms with Crippen molar-refractivity contribution in [2.75, 3.05) is 6.54 Å². The molecule has 0 heterocycles. The Balaban J connectivity index is 4.82. The van der Waals surface area contributed by atoms with Gasteiger partial charge in [0, 0.05) is 24.0 Å². The normalized spacial score (nSPS) is 12.9. The van der Waals surface area contributed by atoms with Gasteiger partial charge in [0.05, 0.1) is 6.07 Å². The van der Waals surface area contributed by atoms with Gasteiger partial charge in [0.15, 0.2) is 0 Å². The Morgan fingerprint density at radius 2 is 1.40 bits per heavy atom. The average molecular weight is 210 g/mol. The first-order chi connectivity index (χ1) is 6.81. The van der Waals surface area contributed by atoms with Crippen LogP contribution in [0.5, 0.6) is 0 Å². The monoisotopic (exact) mass is 210 g/mol. The van der Waals surface area contributed by atoms with Gasteiger partial charge in [0.25, 0.3) is 0 Å². The predicted octanol–water partition coefficient (Wildman–Crippen LogP) is 3.58. The minimum Gasteiger partial charge on any atom is -0.292 e. The molecule has 0 rings (SSSR count). The molecule has 88 valence electrons.